The Morgan fingerprint density at radius 2 is 1.59 bits per heavy atom. The predicted octanol–water partition coefficient (Wildman–Crippen LogP) is 4.09. The first-order valence-corrected chi connectivity index (χ1v) is 12.5. The standard InChI is InChI=1S/C15H33O5PSi/c1-14(2,3)22(6,7)20-15(4,5)11-9-8-10-13(16)12-21(17,18)19/h8-12H2,1-7H3,(H2,17,18,19). The van der Waals surface area contributed by atoms with Crippen LogP contribution in [-0.4, -0.2) is 35.7 Å². The van der Waals surface area contributed by atoms with Gasteiger partial charge in [-0.2, -0.15) is 0 Å². The van der Waals surface area contributed by atoms with Crippen LogP contribution < -0.4 is 0 Å². The van der Waals surface area contributed by atoms with Gasteiger partial charge >= 0.3 is 7.60 Å². The third kappa shape index (κ3) is 9.21. The van der Waals surface area contributed by atoms with Gasteiger partial charge in [0, 0.05) is 6.42 Å². The highest BCUT2D eigenvalue weighted by Gasteiger charge is 2.41. The lowest BCUT2D eigenvalue weighted by atomic mass is 10.0. The highest BCUT2D eigenvalue weighted by molar-refractivity contribution is 7.52. The van der Waals surface area contributed by atoms with Gasteiger partial charge in [0.05, 0.1) is 5.60 Å². The number of rotatable bonds is 9. The molecule has 0 aliphatic carbocycles. The molecule has 0 aliphatic heterocycles. The highest BCUT2D eigenvalue weighted by Crippen LogP contribution is 2.40. The van der Waals surface area contributed by atoms with Crippen LogP contribution in [0.4, 0.5) is 0 Å². The van der Waals surface area contributed by atoms with Crippen molar-refractivity contribution < 1.29 is 23.6 Å². The second-order valence-corrected chi connectivity index (χ2v) is 14.6. The van der Waals surface area contributed by atoms with E-state index in [0.717, 1.165) is 12.8 Å². The minimum absolute atomic E-state index is 0.156. The van der Waals surface area contributed by atoms with E-state index >= 15 is 0 Å². The Morgan fingerprint density at radius 3 is 2.00 bits per heavy atom. The van der Waals surface area contributed by atoms with Crippen LogP contribution in [0.25, 0.3) is 0 Å². The lowest BCUT2D eigenvalue weighted by Crippen LogP contribution is -2.47. The van der Waals surface area contributed by atoms with Crippen LogP contribution >= 0.6 is 7.60 Å². The molecule has 0 atom stereocenters. The molecule has 0 heterocycles. The number of hydrogen-bond acceptors (Lipinski definition) is 3. The van der Waals surface area contributed by atoms with Crippen LogP contribution in [0, 0.1) is 0 Å². The molecule has 0 saturated carbocycles. The van der Waals surface area contributed by atoms with Gasteiger partial charge in [-0.25, -0.2) is 0 Å². The zero-order valence-electron chi connectivity index (χ0n) is 15.1. The molecule has 0 saturated heterocycles. The summed E-state index contributed by atoms with van der Waals surface area (Å²) in [6.07, 6.45) is 1.87. The second-order valence-electron chi connectivity index (χ2n) is 8.19. The van der Waals surface area contributed by atoms with Crippen molar-refractivity contribution in [2.45, 2.75) is 84.0 Å². The number of Topliss-reactive ketones (excluding diaryl/α,β-unsaturated/α-hetero) is 1. The van der Waals surface area contributed by atoms with Crippen molar-refractivity contribution >= 4 is 21.7 Å². The van der Waals surface area contributed by atoms with E-state index < -0.39 is 22.1 Å². The Hall–Kier alpha value is -0.00312. The van der Waals surface area contributed by atoms with Crippen LogP contribution in [0.2, 0.25) is 18.1 Å². The molecule has 0 rings (SSSR count). The molecule has 0 unspecified atom stereocenters. The summed E-state index contributed by atoms with van der Waals surface area (Å²) in [6, 6.07) is 0. The summed E-state index contributed by atoms with van der Waals surface area (Å²) in [7, 11) is -6.04. The molecular weight excluding hydrogens is 319 g/mol. The number of hydrogen-bond donors (Lipinski definition) is 2. The van der Waals surface area contributed by atoms with Crippen LogP contribution in [0.15, 0.2) is 0 Å². The van der Waals surface area contributed by atoms with Crippen molar-refractivity contribution in [1.82, 2.24) is 0 Å². The minimum Gasteiger partial charge on any atom is -0.412 e. The van der Waals surface area contributed by atoms with Gasteiger partial charge in [0.25, 0.3) is 0 Å². The Morgan fingerprint density at radius 1 is 1.09 bits per heavy atom. The fourth-order valence-electron chi connectivity index (χ4n) is 2.08. The van der Waals surface area contributed by atoms with E-state index in [1.54, 1.807) is 0 Å². The first-order chi connectivity index (χ1) is 9.56. The SMILES string of the molecule is CC(C)(CCCCC(=O)CP(=O)(O)O)O[Si](C)(C)C(C)(C)C. The van der Waals surface area contributed by atoms with Crippen LogP contribution in [-0.2, 0) is 13.8 Å². The topological polar surface area (TPSA) is 83.8 Å². The highest BCUT2D eigenvalue weighted by atomic mass is 31.2. The number of carbonyl (C=O) groups is 1. The average Bonchev–Trinajstić information content (AvgIpc) is 2.18. The molecule has 0 aromatic rings. The zero-order chi connectivity index (χ0) is 17.8. The molecule has 0 amide bonds. The van der Waals surface area contributed by atoms with E-state index in [1.165, 1.54) is 0 Å². The Bertz CT molecular complexity index is 420. The lowest BCUT2D eigenvalue weighted by molar-refractivity contribution is -0.117. The van der Waals surface area contributed by atoms with E-state index in [2.05, 4.69) is 47.7 Å². The van der Waals surface area contributed by atoms with Gasteiger partial charge in [0.15, 0.2) is 8.32 Å². The molecular formula is C15H33O5PSi. The van der Waals surface area contributed by atoms with Gasteiger partial charge in [0.1, 0.15) is 11.9 Å². The molecule has 22 heavy (non-hydrogen) atoms. The minimum atomic E-state index is -4.22. The largest absolute Gasteiger partial charge is 0.412 e. The van der Waals surface area contributed by atoms with E-state index in [0.29, 0.717) is 6.42 Å². The zero-order valence-corrected chi connectivity index (χ0v) is 17.0. The summed E-state index contributed by atoms with van der Waals surface area (Å²) in [6.45, 7) is 15.2. The summed E-state index contributed by atoms with van der Waals surface area (Å²) < 4.78 is 17.1. The van der Waals surface area contributed by atoms with E-state index in [9.17, 15) is 9.36 Å². The molecule has 0 fully saturated rings. The molecule has 0 aliphatic rings. The summed E-state index contributed by atoms with van der Waals surface area (Å²) in [5.41, 5.74) is -0.241. The third-order valence-electron chi connectivity index (χ3n) is 4.20. The van der Waals surface area contributed by atoms with Crippen LogP contribution in [0.5, 0.6) is 0 Å². The van der Waals surface area contributed by atoms with Gasteiger partial charge in [-0.1, -0.05) is 27.2 Å². The maximum Gasteiger partial charge on any atom is 0.332 e. The van der Waals surface area contributed by atoms with Gasteiger partial charge < -0.3 is 14.2 Å². The first-order valence-electron chi connectivity index (χ1n) is 7.82. The van der Waals surface area contributed by atoms with Gasteiger partial charge in [-0.15, -0.1) is 0 Å². The normalized spacial score (nSPS) is 14.2. The van der Waals surface area contributed by atoms with Crippen molar-refractivity contribution in [1.29, 1.82) is 0 Å². The summed E-state index contributed by atoms with van der Waals surface area (Å²) >= 11 is 0. The Balaban J connectivity index is 4.25. The van der Waals surface area contributed by atoms with Crippen LogP contribution in [0.3, 0.4) is 0 Å². The fourth-order valence-corrected chi connectivity index (χ4v) is 4.48. The average molecular weight is 352 g/mol. The van der Waals surface area contributed by atoms with Gasteiger partial charge in [0.2, 0.25) is 0 Å². The van der Waals surface area contributed by atoms with Crippen molar-refractivity contribution in [3.05, 3.63) is 0 Å². The number of ketones is 1. The smallest absolute Gasteiger partial charge is 0.332 e. The molecule has 0 spiro atoms. The fraction of sp³-hybridized carbons (Fsp3) is 0.933. The van der Waals surface area contributed by atoms with E-state index in [1.807, 2.05) is 0 Å². The van der Waals surface area contributed by atoms with Gasteiger partial charge in [-0.3, -0.25) is 9.36 Å². The van der Waals surface area contributed by atoms with Crippen LogP contribution in [0.1, 0.15) is 60.3 Å². The summed E-state index contributed by atoms with van der Waals surface area (Å²) in [4.78, 5) is 28.9. The molecule has 0 bridgehead atoms. The summed E-state index contributed by atoms with van der Waals surface area (Å²) in [5, 5.41) is 0.156. The number of carbonyl (C=O) groups excluding carboxylic acids is 1. The van der Waals surface area contributed by atoms with Crippen molar-refractivity contribution in [2.75, 3.05) is 6.16 Å². The molecule has 0 aromatic heterocycles. The van der Waals surface area contributed by atoms with E-state index in [-0.39, 0.29) is 22.8 Å². The van der Waals surface area contributed by atoms with Crippen molar-refractivity contribution in [3.63, 3.8) is 0 Å². The maximum atomic E-state index is 11.4. The molecule has 0 aromatic carbocycles. The van der Waals surface area contributed by atoms with Gasteiger partial charge in [-0.05, 0) is 44.8 Å². The Labute approximate surface area is 136 Å². The molecule has 132 valence electrons. The van der Waals surface area contributed by atoms with E-state index in [4.69, 9.17) is 14.2 Å². The quantitative estimate of drug-likeness (QED) is 0.371. The maximum absolute atomic E-state index is 11.4. The molecule has 5 nitrogen and oxygen atoms in total. The first kappa shape index (κ1) is 22.0. The van der Waals surface area contributed by atoms with Crippen molar-refractivity contribution in [2.24, 2.45) is 0 Å². The third-order valence-corrected chi connectivity index (χ3v) is 9.64. The monoisotopic (exact) mass is 352 g/mol. The molecule has 7 heteroatoms. The number of unbranched alkanes of at least 4 members (excludes halogenated alkanes) is 1. The molecule has 2 N–H and O–H groups in total. The predicted molar refractivity (Wildman–Crippen MR) is 92.7 cm³/mol. The lowest BCUT2D eigenvalue weighted by Gasteiger charge is -2.43. The van der Waals surface area contributed by atoms with Crippen molar-refractivity contribution in [3.8, 4) is 0 Å². The molecule has 0 radical (unpaired) electrons. The Kier molecular flexibility index (Phi) is 7.71. The summed E-state index contributed by atoms with van der Waals surface area (Å²) in [5.74, 6) is -0.364. The second kappa shape index (κ2) is 7.71.